The van der Waals surface area contributed by atoms with Crippen molar-refractivity contribution in [1.82, 2.24) is 24.9 Å². The molecule has 2 aromatic heterocycles. The third-order valence-electron chi connectivity index (χ3n) is 7.17. The Morgan fingerprint density at radius 1 is 1.23 bits per heavy atom. The standard InChI is InChI=1S/C26H34F3N8O3/c1-16-13-34(14-17(2)30-16)15-23-31-24-19(25(38)39-4)12-22(35-8-10-40-11-9-35)33-37(24)36(23)32-21-7-5-6-20(18(21)3)26(27,28)29/h5-7,12,16-17,30,32H,8-11,13-15H2,1-4H3/q+1. The molecule has 2 aliphatic heterocycles. The predicted octanol–water partition coefficient (Wildman–Crippen LogP) is 2.02. The fourth-order valence-electron chi connectivity index (χ4n) is 5.37. The van der Waals surface area contributed by atoms with Gasteiger partial charge >= 0.3 is 12.1 Å². The second-order valence-corrected chi connectivity index (χ2v) is 10.3. The van der Waals surface area contributed by atoms with Crippen LogP contribution in [-0.2, 0) is 22.2 Å². The van der Waals surface area contributed by atoms with Crippen LogP contribution in [0.5, 0.6) is 0 Å². The monoisotopic (exact) mass is 563 g/mol. The highest BCUT2D eigenvalue weighted by atomic mass is 19.4. The maximum atomic E-state index is 13.7. The molecule has 216 valence electrons. The van der Waals surface area contributed by atoms with E-state index in [9.17, 15) is 18.0 Å². The number of nitrogens with one attached hydrogen (secondary N) is 2. The van der Waals surface area contributed by atoms with Gasteiger partial charge in [0.1, 0.15) is 5.56 Å². The number of rotatable bonds is 6. The lowest BCUT2D eigenvalue weighted by molar-refractivity contribution is -0.725. The molecule has 14 heteroatoms. The van der Waals surface area contributed by atoms with Gasteiger partial charge in [0.15, 0.2) is 0 Å². The molecule has 2 fully saturated rings. The molecule has 0 saturated carbocycles. The van der Waals surface area contributed by atoms with Crippen molar-refractivity contribution < 1.29 is 32.2 Å². The van der Waals surface area contributed by atoms with Gasteiger partial charge in [-0.15, -0.1) is 0 Å². The summed E-state index contributed by atoms with van der Waals surface area (Å²) in [7, 11) is 1.29. The number of piperazine rings is 1. The SMILES string of the molecule is COC(=O)c1cc(N2CCOCC2)nn2c1nc(CN1CC(C)NC(C)C1)[n+]2Nc1cccc(C(F)(F)F)c1C. The smallest absolute Gasteiger partial charge is 0.416 e. The van der Waals surface area contributed by atoms with Crippen LogP contribution in [0, 0.1) is 6.92 Å². The van der Waals surface area contributed by atoms with E-state index in [1.807, 2.05) is 4.90 Å². The minimum atomic E-state index is -4.51. The van der Waals surface area contributed by atoms with E-state index in [-0.39, 0.29) is 34.5 Å². The first-order valence-electron chi connectivity index (χ1n) is 13.2. The van der Waals surface area contributed by atoms with E-state index in [0.717, 1.165) is 19.2 Å². The molecule has 0 radical (unpaired) electrons. The number of alkyl halides is 3. The maximum absolute atomic E-state index is 13.7. The molecule has 5 rings (SSSR count). The van der Waals surface area contributed by atoms with Crippen molar-refractivity contribution in [2.75, 3.05) is 56.8 Å². The van der Waals surface area contributed by atoms with E-state index in [4.69, 9.17) is 19.6 Å². The average molecular weight is 564 g/mol. The lowest BCUT2D eigenvalue weighted by Gasteiger charge is -2.35. The number of nitrogens with zero attached hydrogens (tertiary/aromatic N) is 6. The molecule has 0 spiro atoms. The highest BCUT2D eigenvalue weighted by Gasteiger charge is 2.35. The number of aromatic nitrogens is 4. The Hall–Kier alpha value is -3.49. The molecule has 2 aliphatic rings. The topological polar surface area (TPSA) is 100 Å². The quantitative estimate of drug-likeness (QED) is 0.345. The Labute approximate surface area is 229 Å². The van der Waals surface area contributed by atoms with E-state index >= 15 is 0 Å². The molecular weight excluding hydrogens is 529 g/mol. The lowest BCUT2D eigenvalue weighted by Crippen LogP contribution is -2.57. The number of hydrogen-bond acceptors (Lipinski definition) is 9. The Kier molecular flexibility index (Phi) is 7.84. The summed E-state index contributed by atoms with van der Waals surface area (Å²) in [5, 5.41) is 8.27. The fourth-order valence-corrected chi connectivity index (χ4v) is 5.37. The van der Waals surface area contributed by atoms with E-state index in [1.54, 1.807) is 12.1 Å². The van der Waals surface area contributed by atoms with Gasteiger partial charge in [-0.05, 0) is 43.1 Å². The number of ether oxygens (including phenoxy) is 2. The van der Waals surface area contributed by atoms with Crippen molar-refractivity contribution in [3.63, 3.8) is 0 Å². The first kappa shape index (κ1) is 28.1. The van der Waals surface area contributed by atoms with E-state index in [1.165, 1.54) is 29.5 Å². The van der Waals surface area contributed by atoms with Crippen LogP contribution in [0.4, 0.5) is 24.7 Å². The molecule has 2 N–H and O–H groups in total. The molecule has 11 nitrogen and oxygen atoms in total. The van der Waals surface area contributed by atoms with Gasteiger partial charge in [-0.2, -0.15) is 13.2 Å². The van der Waals surface area contributed by atoms with Gasteiger partial charge in [0, 0.05) is 49.4 Å². The van der Waals surface area contributed by atoms with Crippen LogP contribution in [-0.4, -0.2) is 84.2 Å². The van der Waals surface area contributed by atoms with Gasteiger partial charge in [0.05, 0.1) is 38.1 Å². The largest absolute Gasteiger partial charge is 0.465 e. The minimum absolute atomic E-state index is 0.0327. The number of esters is 1. The number of benzene rings is 1. The fraction of sp³-hybridized carbons (Fsp3) is 0.538. The number of morpholine rings is 1. The average Bonchev–Trinajstić information content (AvgIpc) is 3.24. The van der Waals surface area contributed by atoms with E-state index in [2.05, 4.69) is 29.5 Å². The van der Waals surface area contributed by atoms with Crippen LogP contribution in [0.15, 0.2) is 24.3 Å². The minimum Gasteiger partial charge on any atom is -0.465 e. The third kappa shape index (κ3) is 5.69. The number of carbonyl (C=O) groups is 1. The van der Waals surface area contributed by atoms with Crippen LogP contribution in [0.25, 0.3) is 5.65 Å². The van der Waals surface area contributed by atoms with E-state index in [0.29, 0.717) is 44.5 Å². The second kappa shape index (κ2) is 11.2. The summed E-state index contributed by atoms with van der Waals surface area (Å²) in [6, 6.07) is 6.09. The van der Waals surface area contributed by atoms with Crippen molar-refractivity contribution in [3.05, 3.63) is 46.8 Å². The predicted molar refractivity (Wildman–Crippen MR) is 140 cm³/mol. The number of fused-ring (bicyclic) bond motifs is 1. The van der Waals surface area contributed by atoms with Crippen molar-refractivity contribution in [2.45, 2.75) is 45.6 Å². The summed E-state index contributed by atoms with van der Waals surface area (Å²) in [6.07, 6.45) is -4.51. The van der Waals surface area contributed by atoms with Crippen molar-refractivity contribution in [2.24, 2.45) is 0 Å². The Morgan fingerprint density at radius 2 is 1.93 bits per heavy atom. The highest BCUT2D eigenvalue weighted by molar-refractivity contribution is 5.96. The normalized spacial score (nSPS) is 20.6. The number of methoxy groups -OCH3 is 1. The maximum Gasteiger partial charge on any atom is 0.416 e. The Balaban J connectivity index is 1.67. The Morgan fingerprint density at radius 3 is 2.58 bits per heavy atom. The summed E-state index contributed by atoms with van der Waals surface area (Å²) in [6.45, 7) is 9.61. The zero-order chi connectivity index (χ0) is 28.6. The lowest BCUT2D eigenvalue weighted by atomic mass is 10.1. The summed E-state index contributed by atoms with van der Waals surface area (Å²) < 4.78 is 53.1. The molecule has 2 unspecified atom stereocenters. The molecule has 2 atom stereocenters. The molecular formula is C26H34F3N8O3+. The highest BCUT2D eigenvalue weighted by Crippen LogP contribution is 2.34. The first-order chi connectivity index (χ1) is 19.0. The van der Waals surface area contributed by atoms with Crippen LogP contribution >= 0.6 is 0 Å². The summed E-state index contributed by atoms with van der Waals surface area (Å²) in [5.41, 5.74) is 3.08. The van der Waals surface area contributed by atoms with Gasteiger partial charge in [-0.25, -0.2) is 10.2 Å². The van der Waals surface area contributed by atoms with Crippen LogP contribution < -0.4 is 20.4 Å². The van der Waals surface area contributed by atoms with Gasteiger partial charge < -0.3 is 19.7 Å². The number of hydrogen-bond donors (Lipinski definition) is 2. The van der Waals surface area contributed by atoms with E-state index < -0.39 is 17.7 Å². The molecule has 0 aliphatic carbocycles. The van der Waals surface area contributed by atoms with Crippen molar-refractivity contribution in [3.8, 4) is 0 Å². The molecule has 2 saturated heterocycles. The molecule has 1 aromatic carbocycles. The van der Waals surface area contributed by atoms with Crippen LogP contribution in [0.1, 0.15) is 41.2 Å². The van der Waals surface area contributed by atoms with Gasteiger partial charge in [0.25, 0.3) is 11.5 Å². The Bertz CT molecular complexity index is 1380. The number of halogens is 3. The van der Waals surface area contributed by atoms with Gasteiger partial charge in [-0.1, -0.05) is 15.8 Å². The number of carbonyl (C=O) groups excluding carboxylic acids is 1. The third-order valence-corrected chi connectivity index (χ3v) is 7.17. The summed E-state index contributed by atoms with van der Waals surface area (Å²) >= 11 is 0. The van der Waals surface area contributed by atoms with Crippen molar-refractivity contribution in [1.29, 1.82) is 0 Å². The zero-order valence-electron chi connectivity index (χ0n) is 23.0. The molecule has 0 bridgehead atoms. The number of anilines is 2. The van der Waals surface area contributed by atoms with Crippen LogP contribution in [0.3, 0.4) is 0 Å². The first-order valence-corrected chi connectivity index (χ1v) is 13.2. The molecule has 3 aromatic rings. The van der Waals surface area contributed by atoms with Crippen LogP contribution in [0.2, 0.25) is 0 Å². The van der Waals surface area contributed by atoms with Crippen molar-refractivity contribution >= 4 is 23.1 Å². The summed E-state index contributed by atoms with van der Waals surface area (Å²) in [4.78, 5) is 23.4. The zero-order valence-corrected chi connectivity index (χ0v) is 23.0. The molecule has 40 heavy (non-hydrogen) atoms. The van der Waals surface area contributed by atoms with Gasteiger partial charge in [-0.3, -0.25) is 4.90 Å². The summed E-state index contributed by atoms with van der Waals surface area (Å²) in [5.74, 6) is 0.390. The van der Waals surface area contributed by atoms with Gasteiger partial charge in [0.2, 0.25) is 5.82 Å². The molecule has 0 amide bonds. The second-order valence-electron chi connectivity index (χ2n) is 10.3. The molecule has 4 heterocycles.